The summed E-state index contributed by atoms with van der Waals surface area (Å²) in [6.07, 6.45) is 2.45. The Balaban J connectivity index is 3.17. The van der Waals surface area contributed by atoms with Crippen LogP contribution in [0.3, 0.4) is 0 Å². The SMILES string of the molecule is C=CCc1cc(C)ccc1C(N)=O. The normalized spacial score (nSPS) is 9.62. The van der Waals surface area contributed by atoms with Crippen molar-refractivity contribution in [2.45, 2.75) is 13.3 Å². The first kappa shape index (κ1) is 9.52. The molecule has 0 aliphatic carbocycles. The van der Waals surface area contributed by atoms with Crippen molar-refractivity contribution < 1.29 is 4.79 Å². The molecule has 68 valence electrons. The third kappa shape index (κ3) is 2.18. The van der Waals surface area contributed by atoms with Gasteiger partial charge in [0, 0.05) is 5.56 Å². The summed E-state index contributed by atoms with van der Waals surface area (Å²) in [6.45, 7) is 5.62. The Kier molecular flexibility index (Phi) is 2.85. The number of rotatable bonds is 3. The molecule has 13 heavy (non-hydrogen) atoms. The van der Waals surface area contributed by atoms with Crippen LogP contribution in [0.2, 0.25) is 0 Å². The van der Waals surface area contributed by atoms with Crippen LogP contribution >= 0.6 is 0 Å². The number of benzene rings is 1. The van der Waals surface area contributed by atoms with E-state index in [-0.39, 0.29) is 5.91 Å². The molecule has 0 aliphatic rings. The molecule has 0 saturated heterocycles. The van der Waals surface area contributed by atoms with Crippen LogP contribution in [0.5, 0.6) is 0 Å². The van der Waals surface area contributed by atoms with Crippen molar-refractivity contribution in [1.82, 2.24) is 0 Å². The zero-order valence-electron chi connectivity index (χ0n) is 7.71. The second-order valence-electron chi connectivity index (χ2n) is 3.02. The Hall–Kier alpha value is -1.57. The molecule has 2 heteroatoms. The Morgan fingerprint density at radius 3 is 2.85 bits per heavy atom. The molecule has 0 spiro atoms. The first-order valence-corrected chi connectivity index (χ1v) is 4.15. The predicted octanol–water partition coefficient (Wildman–Crippen LogP) is 1.82. The van der Waals surface area contributed by atoms with E-state index in [9.17, 15) is 4.79 Å². The molecular formula is C11H13NO. The summed E-state index contributed by atoms with van der Waals surface area (Å²) in [5, 5.41) is 0. The monoisotopic (exact) mass is 175 g/mol. The molecule has 1 aromatic carbocycles. The average molecular weight is 175 g/mol. The van der Waals surface area contributed by atoms with E-state index in [2.05, 4.69) is 6.58 Å². The average Bonchev–Trinajstić information content (AvgIpc) is 2.04. The quantitative estimate of drug-likeness (QED) is 0.699. The lowest BCUT2D eigenvalue weighted by molar-refractivity contribution is 0.0999. The topological polar surface area (TPSA) is 43.1 Å². The van der Waals surface area contributed by atoms with Crippen molar-refractivity contribution in [1.29, 1.82) is 0 Å². The van der Waals surface area contributed by atoms with Crippen LogP contribution in [0, 0.1) is 6.92 Å². The molecule has 2 N–H and O–H groups in total. The van der Waals surface area contributed by atoms with Crippen LogP contribution in [0.15, 0.2) is 30.9 Å². The molecule has 1 amide bonds. The molecule has 0 saturated carbocycles. The highest BCUT2D eigenvalue weighted by Gasteiger charge is 2.05. The smallest absolute Gasteiger partial charge is 0.248 e. The number of hydrogen-bond donors (Lipinski definition) is 1. The highest BCUT2D eigenvalue weighted by molar-refractivity contribution is 5.94. The number of carbonyl (C=O) groups is 1. The van der Waals surface area contributed by atoms with Gasteiger partial charge in [-0.2, -0.15) is 0 Å². The van der Waals surface area contributed by atoms with Gasteiger partial charge in [-0.3, -0.25) is 4.79 Å². The van der Waals surface area contributed by atoms with Gasteiger partial charge in [-0.1, -0.05) is 23.8 Å². The summed E-state index contributed by atoms with van der Waals surface area (Å²) in [4.78, 5) is 11.0. The Bertz CT molecular complexity index is 342. The molecule has 0 unspecified atom stereocenters. The third-order valence-electron chi connectivity index (χ3n) is 1.89. The molecule has 1 aromatic rings. The second kappa shape index (κ2) is 3.90. The lowest BCUT2D eigenvalue weighted by Gasteiger charge is -2.04. The Labute approximate surface area is 78.1 Å². The van der Waals surface area contributed by atoms with Gasteiger partial charge in [-0.25, -0.2) is 0 Å². The summed E-state index contributed by atoms with van der Waals surface area (Å²) in [5.41, 5.74) is 7.88. The first-order valence-electron chi connectivity index (χ1n) is 4.15. The van der Waals surface area contributed by atoms with Gasteiger partial charge in [0.15, 0.2) is 0 Å². The summed E-state index contributed by atoms with van der Waals surface area (Å²) < 4.78 is 0. The van der Waals surface area contributed by atoms with Gasteiger partial charge >= 0.3 is 0 Å². The van der Waals surface area contributed by atoms with Crippen molar-refractivity contribution in [3.8, 4) is 0 Å². The van der Waals surface area contributed by atoms with Crippen molar-refractivity contribution in [3.05, 3.63) is 47.5 Å². The molecule has 0 atom stereocenters. The van der Waals surface area contributed by atoms with E-state index in [1.165, 1.54) is 0 Å². The maximum absolute atomic E-state index is 11.0. The lowest BCUT2D eigenvalue weighted by Crippen LogP contribution is -2.13. The van der Waals surface area contributed by atoms with E-state index in [4.69, 9.17) is 5.73 Å². The van der Waals surface area contributed by atoms with Crippen molar-refractivity contribution >= 4 is 5.91 Å². The zero-order chi connectivity index (χ0) is 9.84. The van der Waals surface area contributed by atoms with Crippen molar-refractivity contribution in [3.63, 3.8) is 0 Å². The van der Waals surface area contributed by atoms with Crippen molar-refractivity contribution in [2.24, 2.45) is 5.73 Å². The number of primary amides is 1. The molecule has 2 nitrogen and oxygen atoms in total. The van der Waals surface area contributed by atoms with Crippen LogP contribution in [-0.2, 0) is 6.42 Å². The second-order valence-corrected chi connectivity index (χ2v) is 3.02. The molecule has 0 radical (unpaired) electrons. The first-order chi connectivity index (χ1) is 6.15. The van der Waals surface area contributed by atoms with Gasteiger partial charge in [0.25, 0.3) is 0 Å². The van der Waals surface area contributed by atoms with Crippen LogP contribution in [-0.4, -0.2) is 5.91 Å². The Morgan fingerprint density at radius 1 is 1.62 bits per heavy atom. The van der Waals surface area contributed by atoms with Gasteiger partial charge < -0.3 is 5.73 Å². The summed E-state index contributed by atoms with van der Waals surface area (Å²) in [6, 6.07) is 5.60. The fourth-order valence-electron chi connectivity index (χ4n) is 1.29. The number of amides is 1. The number of aryl methyl sites for hydroxylation is 1. The largest absolute Gasteiger partial charge is 0.366 e. The highest BCUT2D eigenvalue weighted by Crippen LogP contribution is 2.12. The van der Waals surface area contributed by atoms with Crippen LogP contribution in [0.1, 0.15) is 21.5 Å². The lowest BCUT2D eigenvalue weighted by atomic mass is 10.0. The number of allylic oxidation sites excluding steroid dienone is 1. The van der Waals surface area contributed by atoms with Crippen LogP contribution in [0.4, 0.5) is 0 Å². The van der Waals surface area contributed by atoms with E-state index < -0.39 is 0 Å². The van der Waals surface area contributed by atoms with Gasteiger partial charge in [0.2, 0.25) is 5.91 Å². The van der Waals surface area contributed by atoms with Crippen LogP contribution in [0.25, 0.3) is 0 Å². The van der Waals surface area contributed by atoms with Crippen molar-refractivity contribution in [2.75, 3.05) is 0 Å². The maximum Gasteiger partial charge on any atom is 0.248 e. The molecule has 0 bridgehead atoms. The summed E-state index contributed by atoms with van der Waals surface area (Å²) in [5.74, 6) is -0.378. The molecule has 0 aromatic heterocycles. The number of hydrogen-bond acceptors (Lipinski definition) is 1. The third-order valence-corrected chi connectivity index (χ3v) is 1.89. The highest BCUT2D eigenvalue weighted by atomic mass is 16.1. The van der Waals surface area contributed by atoms with E-state index in [0.717, 1.165) is 11.1 Å². The van der Waals surface area contributed by atoms with E-state index >= 15 is 0 Å². The minimum Gasteiger partial charge on any atom is -0.366 e. The van der Waals surface area contributed by atoms with Gasteiger partial charge in [0.05, 0.1) is 0 Å². The van der Waals surface area contributed by atoms with Gasteiger partial charge in [0.1, 0.15) is 0 Å². The maximum atomic E-state index is 11.0. The molecule has 0 aliphatic heterocycles. The number of nitrogens with two attached hydrogens (primary N) is 1. The molecule has 1 rings (SSSR count). The fourth-order valence-corrected chi connectivity index (χ4v) is 1.29. The molecular weight excluding hydrogens is 162 g/mol. The summed E-state index contributed by atoms with van der Waals surface area (Å²) in [7, 11) is 0. The Morgan fingerprint density at radius 2 is 2.31 bits per heavy atom. The minimum atomic E-state index is -0.378. The van der Waals surface area contributed by atoms with Crippen LogP contribution < -0.4 is 5.73 Å². The molecule has 0 heterocycles. The van der Waals surface area contributed by atoms with E-state index in [1.807, 2.05) is 19.1 Å². The minimum absolute atomic E-state index is 0.378. The van der Waals surface area contributed by atoms with Gasteiger partial charge in [-0.15, -0.1) is 6.58 Å². The molecule has 0 fully saturated rings. The van der Waals surface area contributed by atoms with E-state index in [0.29, 0.717) is 12.0 Å². The summed E-state index contributed by atoms with van der Waals surface area (Å²) >= 11 is 0. The standard InChI is InChI=1S/C11H13NO/c1-3-4-9-7-8(2)5-6-10(9)11(12)13/h3,5-7H,1,4H2,2H3,(H2,12,13). The number of carbonyl (C=O) groups excluding carboxylic acids is 1. The van der Waals surface area contributed by atoms with Gasteiger partial charge in [-0.05, 0) is 25.0 Å². The van der Waals surface area contributed by atoms with E-state index in [1.54, 1.807) is 12.1 Å². The zero-order valence-corrected chi connectivity index (χ0v) is 7.71. The fraction of sp³-hybridized carbons (Fsp3) is 0.182. The predicted molar refractivity (Wildman–Crippen MR) is 53.6 cm³/mol.